The van der Waals surface area contributed by atoms with Gasteiger partial charge in [0.25, 0.3) is 0 Å². The van der Waals surface area contributed by atoms with E-state index in [0.717, 1.165) is 11.3 Å². The van der Waals surface area contributed by atoms with Gasteiger partial charge < -0.3 is 16.2 Å². The molecule has 2 aromatic carbocycles. The Morgan fingerprint density at radius 2 is 1.81 bits per heavy atom. The zero-order valence-electron chi connectivity index (χ0n) is 15.6. The van der Waals surface area contributed by atoms with Gasteiger partial charge in [-0.1, -0.05) is 55.4 Å². The molecule has 0 spiro atoms. The Morgan fingerprint density at radius 3 is 2.37 bits per heavy atom. The molecule has 0 aliphatic carbocycles. The van der Waals surface area contributed by atoms with E-state index < -0.39 is 17.8 Å². The van der Waals surface area contributed by atoms with Crippen LogP contribution in [0.3, 0.4) is 0 Å². The van der Waals surface area contributed by atoms with Gasteiger partial charge in [0.2, 0.25) is 0 Å². The Labute approximate surface area is 164 Å². The Kier molecular flexibility index (Phi) is 7.61. The van der Waals surface area contributed by atoms with E-state index in [2.05, 4.69) is 0 Å². The van der Waals surface area contributed by atoms with Crippen molar-refractivity contribution in [2.75, 3.05) is 5.73 Å². The zero-order chi connectivity index (χ0) is 19.8. The van der Waals surface area contributed by atoms with E-state index >= 15 is 0 Å². The van der Waals surface area contributed by atoms with E-state index in [-0.39, 0.29) is 5.71 Å². The highest BCUT2D eigenvalue weighted by atomic mass is 32.2. The van der Waals surface area contributed by atoms with E-state index in [9.17, 15) is 9.90 Å². The monoisotopic (exact) mass is 383 g/mol. The summed E-state index contributed by atoms with van der Waals surface area (Å²) in [7, 11) is 0. The van der Waals surface area contributed by atoms with Crippen LogP contribution in [0.5, 0.6) is 0 Å². The summed E-state index contributed by atoms with van der Waals surface area (Å²) in [5.41, 5.74) is 7.44. The molecule has 5 nitrogen and oxygen atoms in total. The number of carboxylic acids is 1. The van der Waals surface area contributed by atoms with Gasteiger partial charge in [0.05, 0.1) is 28.3 Å². The molecule has 27 heavy (non-hydrogen) atoms. The lowest BCUT2D eigenvalue weighted by Gasteiger charge is -2.24. The first-order valence-electron chi connectivity index (χ1n) is 8.87. The van der Waals surface area contributed by atoms with Crippen molar-refractivity contribution in [3.63, 3.8) is 0 Å². The average molecular weight is 384 g/mol. The number of aliphatic carboxylic acids is 1. The molecule has 4 N–H and O–H groups in total. The number of carbonyl (C=O) groups is 1. The second-order valence-electron chi connectivity index (χ2n) is 6.32. The van der Waals surface area contributed by atoms with Gasteiger partial charge in [-0.2, -0.15) is 0 Å². The van der Waals surface area contributed by atoms with Crippen LogP contribution in [0.25, 0.3) is 0 Å². The highest BCUT2D eigenvalue weighted by molar-refractivity contribution is 8.14. The maximum atomic E-state index is 11.9. The second-order valence-corrected chi connectivity index (χ2v) is 7.41. The van der Waals surface area contributed by atoms with Crippen LogP contribution in [0.2, 0.25) is 0 Å². The number of hydrogen-bond donors (Lipinski definition) is 3. The van der Waals surface area contributed by atoms with Crippen molar-refractivity contribution in [3.8, 4) is 0 Å². The van der Waals surface area contributed by atoms with Gasteiger partial charge in [-0.3, -0.25) is 4.79 Å². The van der Waals surface area contributed by atoms with E-state index in [0.29, 0.717) is 22.8 Å². The van der Waals surface area contributed by atoms with Crippen molar-refractivity contribution in [1.82, 2.24) is 0 Å². The van der Waals surface area contributed by atoms with Crippen molar-refractivity contribution < 1.29 is 9.90 Å². The minimum Gasteiger partial charge on any atom is -0.481 e. The first-order valence-corrected chi connectivity index (χ1v) is 9.69. The van der Waals surface area contributed by atoms with Crippen molar-refractivity contribution in [3.05, 3.63) is 54.6 Å². The lowest BCUT2D eigenvalue weighted by molar-refractivity contribution is -0.142. The van der Waals surface area contributed by atoms with Crippen molar-refractivity contribution in [2.45, 2.75) is 31.6 Å². The third kappa shape index (κ3) is 5.69. The van der Waals surface area contributed by atoms with Crippen LogP contribution in [-0.4, -0.2) is 21.8 Å². The molecular weight excluding hydrogens is 358 g/mol. The normalized spacial score (nSPS) is 13.8. The first-order chi connectivity index (χ1) is 12.9. The molecule has 2 atom stereocenters. The predicted molar refractivity (Wildman–Crippen MR) is 113 cm³/mol. The molecule has 2 unspecified atom stereocenters. The quantitative estimate of drug-likeness (QED) is 0.251. The predicted octanol–water partition coefficient (Wildman–Crippen LogP) is 5.25. The smallest absolute Gasteiger partial charge is 0.307 e. The van der Waals surface area contributed by atoms with Crippen molar-refractivity contribution in [1.29, 1.82) is 5.41 Å². The molecule has 2 aromatic rings. The molecule has 0 amide bonds. The molecule has 0 aromatic heterocycles. The topological polar surface area (TPSA) is 99.5 Å². The molecule has 0 aliphatic heterocycles. The number of aliphatic imine (C=N–C) groups is 1. The molecule has 6 heteroatoms. The van der Waals surface area contributed by atoms with Gasteiger partial charge in [-0.15, -0.1) is 0 Å². The van der Waals surface area contributed by atoms with Crippen LogP contribution in [0, 0.1) is 17.2 Å². The number of nitrogens with two attached hydrogens (primary N) is 1. The van der Waals surface area contributed by atoms with Crippen LogP contribution in [0.1, 0.15) is 26.7 Å². The van der Waals surface area contributed by atoms with Crippen LogP contribution < -0.4 is 5.73 Å². The van der Waals surface area contributed by atoms with Crippen LogP contribution in [-0.2, 0) is 4.79 Å². The number of hydrogen-bond acceptors (Lipinski definition) is 5. The summed E-state index contributed by atoms with van der Waals surface area (Å²) >= 11 is 1.39. The third-order valence-corrected chi connectivity index (χ3v) is 5.25. The van der Waals surface area contributed by atoms with Crippen LogP contribution >= 0.6 is 11.8 Å². The average Bonchev–Trinajstić information content (AvgIpc) is 2.63. The van der Waals surface area contributed by atoms with Crippen LogP contribution in [0.15, 0.2) is 64.5 Å². The summed E-state index contributed by atoms with van der Waals surface area (Å²) in [4.78, 5) is 17.6. The first kappa shape index (κ1) is 20.7. The SMILES string of the molecule is CCCC(C(=O)O)C(C(C)=N)C(=Nc1ccccc1N)Sc1ccccc1. The molecule has 0 bridgehead atoms. The minimum atomic E-state index is -0.907. The van der Waals surface area contributed by atoms with E-state index in [1.165, 1.54) is 11.8 Å². The fraction of sp³-hybridized carbons (Fsp3) is 0.286. The number of anilines is 1. The lowest BCUT2D eigenvalue weighted by Crippen LogP contribution is -2.33. The summed E-state index contributed by atoms with van der Waals surface area (Å²) < 4.78 is 0. The van der Waals surface area contributed by atoms with Gasteiger partial charge in [-0.25, -0.2) is 4.99 Å². The number of benzene rings is 2. The molecule has 0 heterocycles. The number of nitrogens with one attached hydrogen (secondary N) is 1. The number of nitrogens with zero attached hydrogens (tertiary/aromatic N) is 1. The van der Waals surface area contributed by atoms with Gasteiger partial charge in [0, 0.05) is 10.6 Å². The van der Waals surface area contributed by atoms with E-state index in [4.69, 9.17) is 16.1 Å². The number of nitrogen functional groups attached to an aromatic ring is 1. The molecule has 142 valence electrons. The Bertz CT molecular complexity index is 821. The summed E-state index contributed by atoms with van der Waals surface area (Å²) in [6.45, 7) is 3.59. The minimum absolute atomic E-state index is 0.285. The van der Waals surface area contributed by atoms with E-state index in [1.54, 1.807) is 19.1 Å². The highest BCUT2D eigenvalue weighted by Crippen LogP contribution is 2.34. The third-order valence-electron chi connectivity index (χ3n) is 4.18. The second kappa shape index (κ2) is 9.92. The molecule has 0 saturated carbocycles. The highest BCUT2D eigenvalue weighted by Gasteiger charge is 2.33. The Hall–Kier alpha value is -2.60. The summed E-state index contributed by atoms with van der Waals surface area (Å²) in [6, 6.07) is 16.9. The van der Waals surface area contributed by atoms with Gasteiger partial charge in [0.15, 0.2) is 0 Å². The summed E-state index contributed by atoms with van der Waals surface area (Å²) in [5, 5.41) is 18.6. The standard InChI is InChI=1S/C21H25N3O2S/c1-3-9-16(21(25)26)19(14(2)22)20(27-15-10-5-4-6-11-15)24-18-13-8-7-12-17(18)23/h4-8,10-13,16,19,22H,3,9,23H2,1-2H3,(H,25,26). The maximum Gasteiger partial charge on any atom is 0.307 e. The van der Waals surface area contributed by atoms with Gasteiger partial charge >= 0.3 is 5.97 Å². The maximum absolute atomic E-state index is 11.9. The van der Waals surface area contributed by atoms with Gasteiger partial charge in [0.1, 0.15) is 0 Å². The van der Waals surface area contributed by atoms with Gasteiger partial charge in [-0.05, 0) is 37.6 Å². The molecular formula is C21H25N3O2S. The van der Waals surface area contributed by atoms with Crippen LogP contribution in [0.4, 0.5) is 11.4 Å². The zero-order valence-corrected chi connectivity index (χ0v) is 16.4. The largest absolute Gasteiger partial charge is 0.481 e. The molecule has 0 fully saturated rings. The molecule has 2 rings (SSSR count). The lowest BCUT2D eigenvalue weighted by atomic mass is 9.86. The Morgan fingerprint density at radius 1 is 1.19 bits per heavy atom. The summed E-state index contributed by atoms with van der Waals surface area (Å²) in [5.74, 6) is -2.21. The number of rotatable bonds is 8. The van der Waals surface area contributed by atoms with E-state index in [1.807, 2.05) is 49.4 Å². The summed E-state index contributed by atoms with van der Waals surface area (Å²) in [6.07, 6.45) is 1.20. The number of carboxylic acid groups (broad SMARTS) is 1. The fourth-order valence-corrected chi connectivity index (χ4v) is 4.02. The van der Waals surface area contributed by atoms with Crippen molar-refractivity contribution in [2.24, 2.45) is 16.8 Å². The number of para-hydroxylation sites is 2. The molecule has 0 aliphatic rings. The molecule has 0 radical (unpaired) electrons. The fourth-order valence-electron chi connectivity index (χ4n) is 2.88. The Balaban J connectivity index is 2.55. The number of thioether (sulfide) groups is 1. The van der Waals surface area contributed by atoms with Crippen molar-refractivity contribution >= 4 is 39.9 Å². The molecule has 0 saturated heterocycles.